The predicted molar refractivity (Wildman–Crippen MR) is 84.0 cm³/mol. The molecule has 0 aliphatic carbocycles. The highest BCUT2D eigenvalue weighted by Gasteiger charge is 2.17. The van der Waals surface area contributed by atoms with E-state index >= 15 is 0 Å². The topological polar surface area (TPSA) is 29.9 Å². The van der Waals surface area contributed by atoms with E-state index in [4.69, 9.17) is 11.6 Å². The number of nitrogens with one attached hydrogen (secondary N) is 1. The maximum atomic E-state index is 6.25. The van der Waals surface area contributed by atoms with Gasteiger partial charge in [-0.1, -0.05) is 48.9 Å². The number of hydrogen-bond acceptors (Lipinski definition) is 2. The van der Waals surface area contributed by atoms with Crippen molar-refractivity contribution in [3.63, 3.8) is 0 Å². The predicted octanol–water partition coefficient (Wildman–Crippen LogP) is 3.75. The van der Waals surface area contributed by atoms with Crippen LogP contribution < -0.4 is 5.32 Å². The Morgan fingerprint density at radius 2 is 2.05 bits per heavy atom. The monoisotopic (exact) mass is 291 g/mol. The molecule has 0 saturated carbocycles. The molecule has 0 radical (unpaired) electrons. The molecule has 1 N–H and O–H groups in total. The zero-order valence-corrected chi connectivity index (χ0v) is 12.9. The average Bonchev–Trinajstić information content (AvgIpc) is 2.79. The van der Waals surface area contributed by atoms with Gasteiger partial charge in [0.2, 0.25) is 0 Å². The number of benzene rings is 1. The van der Waals surface area contributed by atoms with E-state index in [1.165, 1.54) is 5.56 Å². The first-order valence-corrected chi connectivity index (χ1v) is 7.55. The lowest BCUT2D eigenvalue weighted by molar-refractivity contribution is 0.467. The van der Waals surface area contributed by atoms with Gasteiger partial charge in [-0.2, -0.15) is 5.10 Å². The molecule has 2 rings (SSSR count). The second kappa shape index (κ2) is 7.46. The molecule has 2 aromatic rings. The van der Waals surface area contributed by atoms with Crippen LogP contribution in [0.25, 0.3) is 0 Å². The van der Waals surface area contributed by atoms with Crippen molar-refractivity contribution in [3.05, 3.63) is 52.8 Å². The summed E-state index contributed by atoms with van der Waals surface area (Å²) in [5.41, 5.74) is 2.47. The average molecular weight is 292 g/mol. The Morgan fingerprint density at radius 1 is 1.30 bits per heavy atom. The van der Waals surface area contributed by atoms with Crippen molar-refractivity contribution in [1.82, 2.24) is 15.1 Å². The minimum atomic E-state index is 0.267. The number of aryl methyl sites for hydroxylation is 2. The van der Waals surface area contributed by atoms with Crippen molar-refractivity contribution < 1.29 is 0 Å². The lowest BCUT2D eigenvalue weighted by Gasteiger charge is -2.18. The summed E-state index contributed by atoms with van der Waals surface area (Å²) in [6, 6.07) is 10.9. The van der Waals surface area contributed by atoms with Crippen LogP contribution in [0, 0.1) is 0 Å². The second-order valence-corrected chi connectivity index (χ2v) is 5.40. The van der Waals surface area contributed by atoms with E-state index in [0.717, 1.165) is 36.5 Å². The first-order chi connectivity index (χ1) is 9.72. The third kappa shape index (κ3) is 3.84. The Labute approximate surface area is 126 Å². The van der Waals surface area contributed by atoms with Gasteiger partial charge in [0, 0.05) is 7.05 Å². The highest BCUT2D eigenvalue weighted by atomic mass is 35.5. The molecule has 0 bridgehead atoms. The van der Waals surface area contributed by atoms with Gasteiger partial charge in [-0.3, -0.25) is 4.68 Å². The Balaban J connectivity index is 1.96. The van der Waals surface area contributed by atoms with E-state index in [2.05, 4.69) is 47.7 Å². The minimum absolute atomic E-state index is 0.267. The van der Waals surface area contributed by atoms with Crippen molar-refractivity contribution >= 4 is 11.6 Å². The van der Waals surface area contributed by atoms with Gasteiger partial charge in [0.05, 0.1) is 23.0 Å². The van der Waals surface area contributed by atoms with Gasteiger partial charge in [-0.25, -0.2) is 0 Å². The van der Waals surface area contributed by atoms with Crippen LogP contribution in [0.3, 0.4) is 0 Å². The summed E-state index contributed by atoms with van der Waals surface area (Å²) in [7, 11) is 1.95. The molecule has 1 aromatic heterocycles. The molecule has 108 valence electrons. The number of nitrogens with zero attached hydrogens (tertiary/aromatic N) is 2. The first-order valence-electron chi connectivity index (χ1n) is 7.17. The fourth-order valence-corrected chi connectivity index (χ4v) is 2.85. The van der Waals surface area contributed by atoms with Gasteiger partial charge >= 0.3 is 0 Å². The molecule has 0 aliphatic heterocycles. The van der Waals surface area contributed by atoms with E-state index in [9.17, 15) is 0 Å². The molecule has 3 nitrogen and oxygen atoms in total. The smallest absolute Gasteiger partial charge is 0.0833 e. The Morgan fingerprint density at radius 3 is 2.65 bits per heavy atom. The third-order valence-electron chi connectivity index (χ3n) is 3.52. The van der Waals surface area contributed by atoms with Crippen molar-refractivity contribution in [2.45, 2.75) is 32.2 Å². The van der Waals surface area contributed by atoms with Crippen LogP contribution >= 0.6 is 11.6 Å². The zero-order valence-electron chi connectivity index (χ0n) is 12.1. The quantitative estimate of drug-likeness (QED) is 0.842. The fraction of sp³-hybridized carbons (Fsp3) is 0.438. The highest BCUT2D eigenvalue weighted by molar-refractivity contribution is 6.31. The van der Waals surface area contributed by atoms with Crippen LogP contribution in [0.2, 0.25) is 5.02 Å². The van der Waals surface area contributed by atoms with Crippen LogP contribution in [0.15, 0.2) is 36.5 Å². The second-order valence-electron chi connectivity index (χ2n) is 4.99. The number of hydrogen-bond donors (Lipinski definition) is 1. The van der Waals surface area contributed by atoms with E-state index in [0.29, 0.717) is 0 Å². The standard InChI is InChI=1S/C16H22ClN3/c1-3-18-15(16-14(17)12-19-20(16)2)11-7-10-13-8-5-4-6-9-13/h4-6,8-9,12,15,18H,3,7,10-11H2,1-2H3. The summed E-state index contributed by atoms with van der Waals surface area (Å²) < 4.78 is 1.87. The van der Waals surface area contributed by atoms with Crippen LogP contribution in [0.1, 0.15) is 37.1 Å². The van der Waals surface area contributed by atoms with Crippen LogP contribution in [0.5, 0.6) is 0 Å². The Kier molecular flexibility index (Phi) is 5.62. The van der Waals surface area contributed by atoms with E-state index in [1.54, 1.807) is 6.20 Å². The summed E-state index contributed by atoms with van der Waals surface area (Å²) in [4.78, 5) is 0. The highest BCUT2D eigenvalue weighted by Crippen LogP contribution is 2.26. The summed E-state index contributed by atoms with van der Waals surface area (Å²) in [6.45, 7) is 3.05. The van der Waals surface area contributed by atoms with E-state index in [-0.39, 0.29) is 6.04 Å². The summed E-state index contributed by atoms with van der Waals surface area (Å²) >= 11 is 6.25. The van der Waals surface area contributed by atoms with Crippen LogP contribution in [-0.2, 0) is 13.5 Å². The molecule has 4 heteroatoms. The maximum Gasteiger partial charge on any atom is 0.0833 e. The minimum Gasteiger partial charge on any atom is -0.309 e. The Hall–Kier alpha value is -1.32. The summed E-state index contributed by atoms with van der Waals surface area (Å²) in [5, 5.41) is 8.49. The Bertz CT molecular complexity index is 502. The first kappa shape index (κ1) is 15.1. The molecule has 0 spiro atoms. The lowest BCUT2D eigenvalue weighted by atomic mass is 10.0. The van der Waals surface area contributed by atoms with Gasteiger partial charge < -0.3 is 5.32 Å². The summed E-state index contributed by atoms with van der Waals surface area (Å²) in [5.74, 6) is 0. The summed E-state index contributed by atoms with van der Waals surface area (Å²) in [6.07, 6.45) is 5.00. The normalized spacial score (nSPS) is 12.6. The molecule has 0 saturated heterocycles. The molecule has 1 unspecified atom stereocenters. The zero-order chi connectivity index (χ0) is 14.4. The molecule has 1 aromatic carbocycles. The molecule has 1 heterocycles. The molecule has 0 fully saturated rings. The molecular weight excluding hydrogens is 270 g/mol. The molecular formula is C16H22ClN3. The van der Waals surface area contributed by atoms with Crippen molar-refractivity contribution in [2.75, 3.05) is 6.54 Å². The maximum absolute atomic E-state index is 6.25. The van der Waals surface area contributed by atoms with E-state index < -0.39 is 0 Å². The largest absolute Gasteiger partial charge is 0.309 e. The van der Waals surface area contributed by atoms with Gasteiger partial charge in [0.15, 0.2) is 0 Å². The van der Waals surface area contributed by atoms with Crippen molar-refractivity contribution in [1.29, 1.82) is 0 Å². The van der Waals surface area contributed by atoms with Gasteiger partial charge in [0.25, 0.3) is 0 Å². The van der Waals surface area contributed by atoms with Gasteiger partial charge in [-0.05, 0) is 31.4 Å². The van der Waals surface area contributed by atoms with Gasteiger partial charge in [-0.15, -0.1) is 0 Å². The molecule has 20 heavy (non-hydrogen) atoms. The SMILES string of the molecule is CCNC(CCCc1ccccc1)c1c(Cl)cnn1C. The van der Waals surface area contributed by atoms with Gasteiger partial charge in [0.1, 0.15) is 0 Å². The molecule has 0 amide bonds. The number of halogens is 1. The molecule has 1 atom stereocenters. The molecule has 0 aliphatic rings. The van der Waals surface area contributed by atoms with E-state index in [1.807, 2.05) is 11.7 Å². The van der Waals surface area contributed by atoms with Crippen molar-refractivity contribution in [2.24, 2.45) is 7.05 Å². The third-order valence-corrected chi connectivity index (χ3v) is 3.81. The fourth-order valence-electron chi connectivity index (χ4n) is 2.55. The number of rotatable bonds is 7. The number of aromatic nitrogens is 2. The lowest BCUT2D eigenvalue weighted by Crippen LogP contribution is -2.23. The van der Waals surface area contributed by atoms with Crippen molar-refractivity contribution in [3.8, 4) is 0 Å². The van der Waals surface area contributed by atoms with Crippen LogP contribution in [-0.4, -0.2) is 16.3 Å². The van der Waals surface area contributed by atoms with Crippen LogP contribution in [0.4, 0.5) is 0 Å².